The van der Waals surface area contributed by atoms with Crippen LogP contribution in [0.3, 0.4) is 0 Å². The normalized spacial score (nSPS) is 18.1. The Bertz CT molecular complexity index is 519. The predicted molar refractivity (Wildman–Crippen MR) is 64.8 cm³/mol. The van der Waals surface area contributed by atoms with Gasteiger partial charge in [0, 0.05) is 5.56 Å². The number of hydrogen-bond acceptors (Lipinski definition) is 4. The highest BCUT2D eigenvalue weighted by Crippen LogP contribution is 2.34. The van der Waals surface area contributed by atoms with E-state index in [1.165, 1.54) is 6.33 Å². The maximum Gasteiger partial charge on any atom is 0.215 e. The van der Waals surface area contributed by atoms with E-state index in [0.29, 0.717) is 19.8 Å². The second-order valence-electron chi connectivity index (χ2n) is 4.36. The SMILES string of the molecule is Cc1ccccc1C1(Cn2cncn2)OCCO1. The highest BCUT2D eigenvalue weighted by atomic mass is 16.7. The Morgan fingerprint density at radius 3 is 2.72 bits per heavy atom. The number of aryl methyl sites for hydroxylation is 1. The van der Waals surface area contributed by atoms with Crippen LogP contribution in [-0.4, -0.2) is 28.0 Å². The van der Waals surface area contributed by atoms with E-state index in [4.69, 9.17) is 9.47 Å². The molecule has 1 aliphatic heterocycles. The van der Waals surface area contributed by atoms with Crippen molar-refractivity contribution in [2.45, 2.75) is 19.3 Å². The summed E-state index contributed by atoms with van der Waals surface area (Å²) >= 11 is 0. The second kappa shape index (κ2) is 4.51. The van der Waals surface area contributed by atoms with Crippen LogP contribution in [-0.2, 0) is 21.8 Å². The molecule has 1 fully saturated rings. The molecular weight excluding hydrogens is 230 g/mol. The van der Waals surface area contributed by atoms with Gasteiger partial charge in [-0.25, -0.2) is 9.67 Å². The maximum atomic E-state index is 5.87. The molecule has 0 amide bonds. The fourth-order valence-corrected chi connectivity index (χ4v) is 2.31. The summed E-state index contributed by atoms with van der Waals surface area (Å²) in [7, 11) is 0. The minimum atomic E-state index is -0.737. The van der Waals surface area contributed by atoms with Crippen molar-refractivity contribution in [3.8, 4) is 0 Å². The molecule has 1 aliphatic rings. The molecule has 0 radical (unpaired) electrons. The van der Waals surface area contributed by atoms with Crippen LogP contribution in [0.5, 0.6) is 0 Å². The molecule has 0 aliphatic carbocycles. The molecule has 5 heteroatoms. The maximum absolute atomic E-state index is 5.87. The van der Waals surface area contributed by atoms with Gasteiger partial charge in [-0.3, -0.25) is 0 Å². The summed E-state index contributed by atoms with van der Waals surface area (Å²) in [5.41, 5.74) is 2.21. The zero-order chi connectivity index (χ0) is 12.4. The lowest BCUT2D eigenvalue weighted by atomic mass is 10.00. The summed E-state index contributed by atoms with van der Waals surface area (Å²) in [5.74, 6) is -0.737. The minimum Gasteiger partial charge on any atom is -0.342 e. The molecule has 94 valence electrons. The van der Waals surface area contributed by atoms with E-state index in [0.717, 1.165) is 11.1 Å². The first-order chi connectivity index (χ1) is 8.80. The monoisotopic (exact) mass is 245 g/mol. The number of aromatic nitrogens is 3. The summed E-state index contributed by atoms with van der Waals surface area (Å²) in [4.78, 5) is 3.95. The number of rotatable bonds is 3. The van der Waals surface area contributed by atoms with Gasteiger partial charge in [-0.2, -0.15) is 5.10 Å². The molecule has 0 spiro atoms. The molecule has 5 nitrogen and oxygen atoms in total. The van der Waals surface area contributed by atoms with Crippen LogP contribution < -0.4 is 0 Å². The fraction of sp³-hybridized carbons (Fsp3) is 0.385. The van der Waals surface area contributed by atoms with Crippen molar-refractivity contribution in [1.29, 1.82) is 0 Å². The van der Waals surface area contributed by atoms with E-state index >= 15 is 0 Å². The van der Waals surface area contributed by atoms with Crippen LogP contribution in [0, 0.1) is 6.92 Å². The first-order valence-corrected chi connectivity index (χ1v) is 5.97. The summed E-state index contributed by atoms with van der Waals surface area (Å²) in [6.45, 7) is 3.77. The van der Waals surface area contributed by atoms with Crippen LogP contribution in [0.4, 0.5) is 0 Å². The summed E-state index contributed by atoms with van der Waals surface area (Å²) in [6, 6.07) is 8.11. The van der Waals surface area contributed by atoms with Gasteiger partial charge in [0.2, 0.25) is 5.79 Å². The van der Waals surface area contributed by atoms with Crippen LogP contribution in [0.2, 0.25) is 0 Å². The Morgan fingerprint density at radius 2 is 2.06 bits per heavy atom. The van der Waals surface area contributed by atoms with Gasteiger partial charge in [0.25, 0.3) is 0 Å². The number of ether oxygens (including phenoxy) is 2. The van der Waals surface area contributed by atoms with Crippen LogP contribution in [0.1, 0.15) is 11.1 Å². The third-order valence-electron chi connectivity index (χ3n) is 3.15. The summed E-state index contributed by atoms with van der Waals surface area (Å²) < 4.78 is 13.5. The second-order valence-corrected chi connectivity index (χ2v) is 4.36. The molecule has 18 heavy (non-hydrogen) atoms. The lowest BCUT2D eigenvalue weighted by Gasteiger charge is -2.28. The first-order valence-electron chi connectivity index (χ1n) is 5.97. The molecule has 0 atom stereocenters. The zero-order valence-electron chi connectivity index (χ0n) is 10.2. The average molecular weight is 245 g/mol. The van der Waals surface area contributed by atoms with Gasteiger partial charge in [-0.05, 0) is 12.5 Å². The van der Waals surface area contributed by atoms with E-state index in [1.54, 1.807) is 11.0 Å². The highest BCUT2D eigenvalue weighted by molar-refractivity contribution is 5.30. The molecule has 3 rings (SSSR count). The Kier molecular flexibility index (Phi) is 2.85. The molecule has 0 unspecified atom stereocenters. The molecule has 0 saturated carbocycles. The quantitative estimate of drug-likeness (QED) is 0.822. The fourth-order valence-electron chi connectivity index (χ4n) is 2.31. The van der Waals surface area contributed by atoms with Crippen LogP contribution >= 0.6 is 0 Å². The number of nitrogens with zero attached hydrogens (tertiary/aromatic N) is 3. The van der Waals surface area contributed by atoms with E-state index in [-0.39, 0.29) is 0 Å². The zero-order valence-corrected chi connectivity index (χ0v) is 10.2. The Morgan fingerprint density at radius 1 is 1.28 bits per heavy atom. The lowest BCUT2D eigenvalue weighted by Crippen LogP contribution is -2.33. The summed E-state index contributed by atoms with van der Waals surface area (Å²) in [5, 5.41) is 4.13. The van der Waals surface area contributed by atoms with Crippen molar-refractivity contribution >= 4 is 0 Å². The average Bonchev–Trinajstić information content (AvgIpc) is 3.02. The van der Waals surface area contributed by atoms with Gasteiger partial charge in [0.1, 0.15) is 19.2 Å². The largest absolute Gasteiger partial charge is 0.342 e. The van der Waals surface area contributed by atoms with E-state index in [9.17, 15) is 0 Å². The smallest absolute Gasteiger partial charge is 0.215 e. The topological polar surface area (TPSA) is 49.2 Å². The number of benzene rings is 1. The van der Waals surface area contributed by atoms with Crippen molar-refractivity contribution in [1.82, 2.24) is 14.8 Å². The van der Waals surface area contributed by atoms with Crippen LogP contribution in [0.15, 0.2) is 36.9 Å². The predicted octanol–water partition coefficient (Wildman–Crippen LogP) is 1.49. The molecular formula is C13H15N3O2. The van der Waals surface area contributed by atoms with Gasteiger partial charge in [0.05, 0.1) is 13.2 Å². The van der Waals surface area contributed by atoms with Gasteiger partial charge < -0.3 is 9.47 Å². The van der Waals surface area contributed by atoms with Gasteiger partial charge in [0.15, 0.2) is 0 Å². The van der Waals surface area contributed by atoms with Crippen molar-refractivity contribution in [3.63, 3.8) is 0 Å². The number of hydrogen-bond donors (Lipinski definition) is 0. The van der Waals surface area contributed by atoms with Crippen LogP contribution in [0.25, 0.3) is 0 Å². The lowest BCUT2D eigenvalue weighted by molar-refractivity contribution is -0.178. The molecule has 2 aromatic rings. The molecule has 1 aromatic carbocycles. The van der Waals surface area contributed by atoms with Crippen molar-refractivity contribution in [3.05, 3.63) is 48.0 Å². The molecule has 2 heterocycles. The van der Waals surface area contributed by atoms with Gasteiger partial charge >= 0.3 is 0 Å². The van der Waals surface area contributed by atoms with Gasteiger partial charge in [-0.15, -0.1) is 0 Å². The highest BCUT2D eigenvalue weighted by Gasteiger charge is 2.40. The van der Waals surface area contributed by atoms with E-state index in [2.05, 4.69) is 23.1 Å². The van der Waals surface area contributed by atoms with E-state index in [1.807, 2.05) is 18.2 Å². The Balaban J connectivity index is 1.99. The van der Waals surface area contributed by atoms with Crippen molar-refractivity contribution < 1.29 is 9.47 Å². The third kappa shape index (κ3) is 1.91. The van der Waals surface area contributed by atoms with Gasteiger partial charge in [-0.1, -0.05) is 24.3 Å². The summed E-state index contributed by atoms with van der Waals surface area (Å²) in [6.07, 6.45) is 3.19. The van der Waals surface area contributed by atoms with Crippen molar-refractivity contribution in [2.75, 3.05) is 13.2 Å². The Hall–Kier alpha value is -1.72. The standard InChI is InChI=1S/C13H15N3O2/c1-11-4-2-3-5-12(11)13(17-6-7-18-13)8-16-10-14-9-15-16/h2-5,9-10H,6-8H2,1H3. The van der Waals surface area contributed by atoms with E-state index < -0.39 is 5.79 Å². The third-order valence-corrected chi connectivity index (χ3v) is 3.15. The Labute approximate surface area is 105 Å². The molecule has 0 bridgehead atoms. The minimum absolute atomic E-state index is 0.512. The molecule has 0 N–H and O–H groups in total. The molecule has 1 aromatic heterocycles. The first kappa shape index (κ1) is 11.4. The molecule has 1 saturated heterocycles. The van der Waals surface area contributed by atoms with Crippen molar-refractivity contribution in [2.24, 2.45) is 0 Å².